The van der Waals surface area contributed by atoms with Crippen LogP contribution in [0.4, 0.5) is 5.69 Å². The first kappa shape index (κ1) is 18.3. The maximum absolute atomic E-state index is 12.7. The van der Waals surface area contributed by atoms with E-state index in [2.05, 4.69) is 16.4 Å². The van der Waals surface area contributed by atoms with Crippen LogP contribution < -0.4 is 10.1 Å². The third-order valence-corrected chi connectivity index (χ3v) is 5.76. The Morgan fingerprint density at radius 3 is 3.00 bits per heavy atom. The lowest BCUT2D eigenvalue weighted by Gasteiger charge is -2.16. The van der Waals surface area contributed by atoms with Gasteiger partial charge in [0.1, 0.15) is 16.8 Å². The largest absolute Gasteiger partial charge is 0.497 e. The normalized spacial score (nSPS) is 13.6. The average molecular weight is 367 g/mol. The Bertz CT molecular complexity index is 861. The van der Waals surface area contributed by atoms with Crippen LogP contribution >= 0.6 is 11.8 Å². The van der Waals surface area contributed by atoms with Crippen molar-refractivity contribution in [2.24, 2.45) is 0 Å². The van der Waals surface area contributed by atoms with Gasteiger partial charge >= 0.3 is 0 Å². The number of aromatic nitrogens is 1. The molecule has 5 nitrogen and oxygen atoms in total. The van der Waals surface area contributed by atoms with E-state index >= 15 is 0 Å². The summed E-state index contributed by atoms with van der Waals surface area (Å²) in [7, 11) is 1.59. The maximum atomic E-state index is 12.7. The van der Waals surface area contributed by atoms with Gasteiger partial charge in [-0.25, -0.2) is 4.98 Å². The molecule has 0 bridgehead atoms. The third kappa shape index (κ3) is 4.00. The topological polar surface area (TPSA) is 75.0 Å². The van der Waals surface area contributed by atoms with Gasteiger partial charge in [-0.1, -0.05) is 24.8 Å². The molecule has 26 heavy (non-hydrogen) atoms. The molecule has 1 N–H and O–H groups in total. The fourth-order valence-electron chi connectivity index (χ4n) is 3.00. The number of benzene rings is 1. The van der Waals surface area contributed by atoms with Crippen LogP contribution in [0.3, 0.4) is 0 Å². The Labute approximate surface area is 157 Å². The summed E-state index contributed by atoms with van der Waals surface area (Å²) < 4.78 is 5.19. The fourth-order valence-corrected chi connectivity index (χ4v) is 4.00. The molecule has 0 saturated heterocycles. The second kappa shape index (κ2) is 8.24. The zero-order valence-electron chi connectivity index (χ0n) is 14.9. The summed E-state index contributed by atoms with van der Waals surface area (Å²) in [6.07, 6.45) is 3.65. The smallest absolute Gasteiger partial charge is 0.237 e. The number of carbonyl (C=O) groups is 1. The number of aryl methyl sites for hydroxylation is 2. The molecule has 0 aliphatic heterocycles. The van der Waals surface area contributed by atoms with Crippen molar-refractivity contribution < 1.29 is 9.53 Å². The van der Waals surface area contributed by atoms with Crippen LogP contribution in [-0.4, -0.2) is 23.3 Å². The van der Waals surface area contributed by atoms with Crippen LogP contribution in [0.2, 0.25) is 0 Å². The summed E-state index contributed by atoms with van der Waals surface area (Å²) in [6.45, 7) is 1.96. The Morgan fingerprint density at radius 2 is 2.27 bits per heavy atom. The van der Waals surface area contributed by atoms with E-state index < -0.39 is 0 Å². The summed E-state index contributed by atoms with van der Waals surface area (Å²) in [5.74, 6) is 0.590. The minimum Gasteiger partial charge on any atom is -0.497 e. The molecule has 1 aromatic heterocycles. The molecule has 0 fully saturated rings. The number of methoxy groups -OCH3 is 1. The summed E-state index contributed by atoms with van der Waals surface area (Å²) in [5.41, 5.74) is 3.48. The van der Waals surface area contributed by atoms with E-state index in [-0.39, 0.29) is 11.2 Å². The SMILES string of the molecule is CCC(Sc1nc2c(cc1C#N)CCC2)C(=O)Nc1cccc(OC)c1. The number of hydrogen-bond acceptors (Lipinski definition) is 5. The van der Waals surface area contributed by atoms with E-state index in [0.717, 1.165) is 25.0 Å². The molecule has 1 aliphatic carbocycles. The predicted octanol–water partition coefficient (Wildman–Crippen LogP) is 3.96. The highest BCUT2D eigenvalue weighted by Gasteiger charge is 2.23. The van der Waals surface area contributed by atoms with Crippen molar-refractivity contribution in [2.45, 2.75) is 42.9 Å². The van der Waals surface area contributed by atoms with Crippen molar-refractivity contribution in [3.8, 4) is 11.8 Å². The second-order valence-electron chi connectivity index (χ2n) is 6.15. The van der Waals surface area contributed by atoms with Gasteiger partial charge in [0, 0.05) is 17.4 Å². The standard InChI is InChI=1S/C20H21N3O2S/c1-3-18(19(24)22-15-7-5-8-16(11-15)25-2)26-20-14(12-21)10-13-6-4-9-17(13)23-20/h5,7-8,10-11,18H,3-4,6,9H2,1-2H3,(H,22,24). The van der Waals surface area contributed by atoms with Gasteiger partial charge in [-0.3, -0.25) is 4.79 Å². The highest BCUT2D eigenvalue weighted by Crippen LogP contribution is 2.32. The number of anilines is 1. The number of amides is 1. The first-order valence-electron chi connectivity index (χ1n) is 8.69. The maximum Gasteiger partial charge on any atom is 0.237 e. The van der Waals surface area contributed by atoms with Gasteiger partial charge in [0.2, 0.25) is 5.91 Å². The third-order valence-electron chi connectivity index (χ3n) is 4.39. The number of carbonyl (C=O) groups excluding carboxylic acids is 1. The zero-order valence-corrected chi connectivity index (χ0v) is 15.7. The summed E-state index contributed by atoms with van der Waals surface area (Å²) >= 11 is 1.37. The average Bonchev–Trinajstić information content (AvgIpc) is 3.12. The molecule has 0 saturated carbocycles. The molecule has 1 unspecified atom stereocenters. The lowest BCUT2D eigenvalue weighted by atomic mass is 10.2. The van der Waals surface area contributed by atoms with Gasteiger partial charge in [-0.2, -0.15) is 5.26 Å². The first-order valence-corrected chi connectivity index (χ1v) is 9.57. The van der Waals surface area contributed by atoms with Gasteiger partial charge in [-0.05, 0) is 49.4 Å². The number of ether oxygens (including phenoxy) is 1. The fraction of sp³-hybridized carbons (Fsp3) is 0.350. The van der Waals surface area contributed by atoms with E-state index in [0.29, 0.717) is 28.4 Å². The molecular weight excluding hydrogens is 346 g/mol. The number of rotatable bonds is 6. The van der Waals surface area contributed by atoms with Crippen molar-refractivity contribution in [3.05, 3.63) is 47.2 Å². The van der Waals surface area contributed by atoms with Gasteiger partial charge in [-0.15, -0.1) is 0 Å². The van der Waals surface area contributed by atoms with Gasteiger partial charge in [0.05, 0.1) is 17.9 Å². The Balaban J connectivity index is 1.77. The Kier molecular flexibility index (Phi) is 5.79. The van der Waals surface area contributed by atoms with Crippen LogP contribution in [0.1, 0.15) is 36.6 Å². The molecule has 0 radical (unpaired) electrons. The van der Waals surface area contributed by atoms with E-state index in [1.807, 2.05) is 31.2 Å². The quantitative estimate of drug-likeness (QED) is 0.782. The van der Waals surface area contributed by atoms with Crippen molar-refractivity contribution in [1.29, 1.82) is 5.26 Å². The first-order chi connectivity index (χ1) is 12.6. The van der Waals surface area contributed by atoms with Crippen molar-refractivity contribution in [1.82, 2.24) is 4.98 Å². The number of hydrogen-bond donors (Lipinski definition) is 1. The van der Waals surface area contributed by atoms with Gasteiger partial charge in [0.25, 0.3) is 0 Å². The molecule has 1 aliphatic rings. The van der Waals surface area contributed by atoms with Gasteiger partial charge < -0.3 is 10.1 Å². The molecule has 1 amide bonds. The lowest BCUT2D eigenvalue weighted by Crippen LogP contribution is -2.24. The van der Waals surface area contributed by atoms with E-state index in [1.165, 1.54) is 17.3 Å². The number of nitrogens with zero attached hydrogens (tertiary/aromatic N) is 2. The lowest BCUT2D eigenvalue weighted by molar-refractivity contribution is -0.115. The summed E-state index contributed by atoms with van der Waals surface area (Å²) in [6, 6.07) is 11.4. The van der Waals surface area contributed by atoms with E-state index in [4.69, 9.17) is 4.74 Å². The van der Waals surface area contributed by atoms with Crippen LogP contribution in [0.25, 0.3) is 0 Å². The molecule has 0 spiro atoms. The van der Waals surface area contributed by atoms with Crippen LogP contribution in [0.5, 0.6) is 5.75 Å². The minimum atomic E-state index is -0.319. The number of thioether (sulfide) groups is 1. The molecule has 1 heterocycles. The zero-order chi connectivity index (χ0) is 18.5. The number of fused-ring (bicyclic) bond motifs is 1. The van der Waals surface area contributed by atoms with Crippen LogP contribution in [0.15, 0.2) is 35.4 Å². The van der Waals surface area contributed by atoms with Crippen LogP contribution in [0, 0.1) is 11.3 Å². The summed E-state index contributed by atoms with van der Waals surface area (Å²) in [4.78, 5) is 17.4. The molecular formula is C20H21N3O2S. The van der Waals surface area contributed by atoms with Crippen molar-refractivity contribution in [2.75, 3.05) is 12.4 Å². The molecule has 1 atom stereocenters. The van der Waals surface area contributed by atoms with Crippen molar-refractivity contribution >= 4 is 23.4 Å². The monoisotopic (exact) mass is 367 g/mol. The molecule has 134 valence electrons. The van der Waals surface area contributed by atoms with E-state index in [1.54, 1.807) is 13.2 Å². The van der Waals surface area contributed by atoms with Gasteiger partial charge in [0.15, 0.2) is 0 Å². The summed E-state index contributed by atoms with van der Waals surface area (Å²) in [5, 5.41) is 12.7. The molecule has 2 aromatic rings. The predicted molar refractivity (Wildman–Crippen MR) is 103 cm³/mol. The molecule has 6 heteroatoms. The van der Waals surface area contributed by atoms with E-state index in [9.17, 15) is 10.1 Å². The Hall–Kier alpha value is -2.52. The highest BCUT2D eigenvalue weighted by atomic mass is 32.2. The van der Waals surface area contributed by atoms with Crippen molar-refractivity contribution in [3.63, 3.8) is 0 Å². The second-order valence-corrected chi connectivity index (χ2v) is 7.34. The van der Waals surface area contributed by atoms with Crippen LogP contribution in [-0.2, 0) is 17.6 Å². The number of pyridine rings is 1. The number of nitrogens with one attached hydrogen (secondary N) is 1. The minimum absolute atomic E-state index is 0.100. The number of nitriles is 1. The molecule has 3 rings (SSSR count). The molecule has 1 aromatic carbocycles. The Morgan fingerprint density at radius 1 is 1.42 bits per heavy atom. The highest BCUT2D eigenvalue weighted by molar-refractivity contribution is 8.00.